The van der Waals surface area contributed by atoms with Crippen LogP contribution >= 0.6 is 15.9 Å². The van der Waals surface area contributed by atoms with E-state index in [4.69, 9.17) is 4.74 Å². The van der Waals surface area contributed by atoms with Crippen molar-refractivity contribution in [3.05, 3.63) is 41.1 Å². The van der Waals surface area contributed by atoms with Crippen LogP contribution in [0.5, 0.6) is 5.75 Å². The van der Waals surface area contributed by atoms with Crippen LogP contribution in [0.15, 0.2) is 41.1 Å². The minimum atomic E-state index is 0.808. The molecule has 0 saturated carbocycles. The lowest BCUT2D eigenvalue weighted by atomic mass is 10.3. The lowest BCUT2D eigenvalue weighted by molar-refractivity contribution is 0.411. The Morgan fingerprint density at radius 3 is 2.71 bits per heavy atom. The number of para-hydroxylation sites is 2. The second-order valence-electron chi connectivity index (χ2n) is 2.75. The number of hydrogen-bond donors (Lipinski definition) is 0. The van der Waals surface area contributed by atoms with E-state index >= 15 is 0 Å². The van der Waals surface area contributed by atoms with Gasteiger partial charge in [0.1, 0.15) is 16.0 Å². The highest BCUT2D eigenvalue weighted by Crippen LogP contribution is 2.21. The summed E-state index contributed by atoms with van der Waals surface area (Å²) in [5.41, 5.74) is 0.931. The van der Waals surface area contributed by atoms with Crippen molar-refractivity contribution in [1.82, 2.24) is 9.78 Å². The third-order valence-corrected chi connectivity index (χ3v) is 2.31. The van der Waals surface area contributed by atoms with Crippen molar-refractivity contribution in [2.45, 2.75) is 0 Å². The maximum absolute atomic E-state index is 5.23. The van der Waals surface area contributed by atoms with Crippen molar-refractivity contribution in [3.63, 3.8) is 0 Å². The highest BCUT2D eigenvalue weighted by Gasteiger charge is 2.04. The molecule has 2 rings (SSSR count). The molecular formula is C10H9BrN2O. The summed E-state index contributed by atoms with van der Waals surface area (Å²) in [5, 5.41) is 4.24. The monoisotopic (exact) mass is 252 g/mol. The molecule has 1 heterocycles. The van der Waals surface area contributed by atoms with Gasteiger partial charge in [0, 0.05) is 6.20 Å². The summed E-state index contributed by atoms with van der Waals surface area (Å²) < 4.78 is 7.81. The summed E-state index contributed by atoms with van der Waals surface area (Å²) >= 11 is 3.30. The molecule has 0 saturated heterocycles. The van der Waals surface area contributed by atoms with Gasteiger partial charge in [0.05, 0.1) is 7.11 Å². The average molecular weight is 253 g/mol. The van der Waals surface area contributed by atoms with E-state index in [9.17, 15) is 0 Å². The summed E-state index contributed by atoms with van der Waals surface area (Å²) in [6.07, 6.45) is 1.88. The van der Waals surface area contributed by atoms with Gasteiger partial charge in [0.2, 0.25) is 0 Å². The highest BCUT2D eigenvalue weighted by molar-refractivity contribution is 9.10. The Kier molecular flexibility index (Phi) is 2.54. The number of aromatic nitrogens is 2. The molecule has 0 aliphatic rings. The molecule has 3 nitrogen and oxygen atoms in total. The maximum Gasteiger partial charge on any atom is 0.144 e. The van der Waals surface area contributed by atoms with Crippen LogP contribution in [0.3, 0.4) is 0 Å². The van der Waals surface area contributed by atoms with Crippen LogP contribution in [0, 0.1) is 0 Å². The van der Waals surface area contributed by atoms with E-state index in [1.54, 1.807) is 11.8 Å². The number of halogens is 1. The minimum Gasteiger partial charge on any atom is -0.494 e. The van der Waals surface area contributed by atoms with Crippen molar-refractivity contribution in [2.75, 3.05) is 7.11 Å². The van der Waals surface area contributed by atoms with Crippen LogP contribution in [0.2, 0.25) is 0 Å². The molecule has 0 aliphatic carbocycles. The van der Waals surface area contributed by atoms with E-state index in [-0.39, 0.29) is 0 Å². The third kappa shape index (κ3) is 1.65. The number of ether oxygens (including phenoxy) is 1. The Bertz CT molecular complexity index is 439. The van der Waals surface area contributed by atoms with Gasteiger partial charge in [0.15, 0.2) is 0 Å². The van der Waals surface area contributed by atoms with Crippen LogP contribution in [0.25, 0.3) is 5.69 Å². The van der Waals surface area contributed by atoms with E-state index in [2.05, 4.69) is 21.0 Å². The van der Waals surface area contributed by atoms with Crippen molar-refractivity contribution in [2.24, 2.45) is 0 Å². The number of nitrogens with zero attached hydrogens (tertiary/aromatic N) is 2. The van der Waals surface area contributed by atoms with Gasteiger partial charge in [-0.15, -0.1) is 0 Å². The molecule has 2 aromatic rings. The normalized spacial score (nSPS) is 10.1. The van der Waals surface area contributed by atoms with Gasteiger partial charge in [-0.25, -0.2) is 4.68 Å². The van der Waals surface area contributed by atoms with Gasteiger partial charge in [-0.1, -0.05) is 12.1 Å². The first-order chi connectivity index (χ1) is 6.81. The summed E-state index contributed by atoms with van der Waals surface area (Å²) in [7, 11) is 1.65. The van der Waals surface area contributed by atoms with Crippen molar-refractivity contribution in [3.8, 4) is 11.4 Å². The number of hydrogen-bond acceptors (Lipinski definition) is 2. The molecular weight excluding hydrogens is 244 g/mol. The van der Waals surface area contributed by atoms with Crippen molar-refractivity contribution in [1.29, 1.82) is 0 Å². The van der Waals surface area contributed by atoms with Gasteiger partial charge in [-0.2, -0.15) is 5.10 Å². The molecule has 0 atom stereocenters. The fourth-order valence-electron chi connectivity index (χ4n) is 1.25. The molecule has 0 bridgehead atoms. The lowest BCUT2D eigenvalue weighted by Gasteiger charge is -2.06. The van der Waals surface area contributed by atoms with Crippen LogP contribution in [0.4, 0.5) is 0 Å². The quantitative estimate of drug-likeness (QED) is 0.822. The molecule has 0 spiro atoms. The summed E-state index contributed by atoms with van der Waals surface area (Å²) in [5.74, 6) is 0.808. The first kappa shape index (κ1) is 9.27. The van der Waals surface area contributed by atoms with Crippen LogP contribution in [0.1, 0.15) is 0 Å². The van der Waals surface area contributed by atoms with Gasteiger partial charge >= 0.3 is 0 Å². The first-order valence-electron chi connectivity index (χ1n) is 4.16. The standard InChI is InChI=1S/C10H9BrN2O/c1-14-9-5-3-2-4-8(9)13-7-6-10(11)12-13/h2-7H,1H3. The van der Waals surface area contributed by atoms with Crippen molar-refractivity contribution >= 4 is 15.9 Å². The van der Waals surface area contributed by atoms with Gasteiger partial charge in [-0.05, 0) is 34.1 Å². The second kappa shape index (κ2) is 3.84. The summed E-state index contributed by atoms with van der Waals surface area (Å²) in [4.78, 5) is 0. The molecule has 0 aliphatic heterocycles. The van der Waals surface area contributed by atoms with E-state index in [1.807, 2.05) is 36.5 Å². The molecule has 1 aromatic carbocycles. The third-order valence-electron chi connectivity index (χ3n) is 1.89. The van der Waals surface area contributed by atoms with E-state index < -0.39 is 0 Å². The van der Waals surface area contributed by atoms with E-state index in [1.165, 1.54) is 0 Å². The smallest absolute Gasteiger partial charge is 0.144 e. The zero-order valence-electron chi connectivity index (χ0n) is 7.64. The minimum absolute atomic E-state index is 0.808. The SMILES string of the molecule is COc1ccccc1-n1ccc(Br)n1. The molecule has 0 N–H and O–H groups in total. The Balaban J connectivity index is 2.50. The second-order valence-corrected chi connectivity index (χ2v) is 3.57. The molecule has 1 aromatic heterocycles. The molecule has 0 fully saturated rings. The van der Waals surface area contributed by atoms with Gasteiger partial charge in [0.25, 0.3) is 0 Å². The van der Waals surface area contributed by atoms with Crippen molar-refractivity contribution < 1.29 is 4.74 Å². The highest BCUT2D eigenvalue weighted by atomic mass is 79.9. The Labute approximate surface area is 90.4 Å². The number of benzene rings is 1. The molecule has 0 unspecified atom stereocenters. The predicted molar refractivity (Wildman–Crippen MR) is 57.8 cm³/mol. The largest absolute Gasteiger partial charge is 0.494 e. The summed E-state index contributed by atoms with van der Waals surface area (Å²) in [6.45, 7) is 0. The maximum atomic E-state index is 5.23. The Morgan fingerprint density at radius 2 is 2.07 bits per heavy atom. The zero-order valence-corrected chi connectivity index (χ0v) is 9.23. The van der Waals surface area contributed by atoms with Gasteiger partial charge < -0.3 is 4.74 Å². The summed E-state index contributed by atoms with van der Waals surface area (Å²) in [6, 6.07) is 9.63. The van der Waals surface area contributed by atoms with E-state index in [0.717, 1.165) is 16.0 Å². The molecule has 4 heteroatoms. The van der Waals surface area contributed by atoms with Gasteiger partial charge in [-0.3, -0.25) is 0 Å². The molecule has 0 amide bonds. The van der Waals surface area contributed by atoms with Crippen LogP contribution < -0.4 is 4.74 Å². The topological polar surface area (TPSA) is 27.1 Å². The Morgan fingerprint density at radius 1 is 1.29 bits per heavy atom. The van der Waals surface area contributed by atoms with E-state index in [0.29, 0.717) is 0 Å². The van der Waals surface area contributed by atoms with Crippen LogP contribution in [-0.2, 0) is 0 Å². The Hall–Kier alpha value is -1.29. The first-order valence-corrected chi connectivity index (χ1v) is 4.95. The fourth-order valence-corrected chi connectivity index (χ4v) is 1.54. The fraction of sp³-hybridized carbons (Fsp3) is 0.100. The molecule has 72 valence electrons. The number of methoxy groups -OCH3 is 1. The predicted octanol–water partition coefficient (Wildman–Crippen LogP) is 2.64. The average Bonchev–Trinajstić information content (AvgIpc) is 2.65. The van der Waals surface area contributed by atoms with Crippen LogP contribution in [-0.4, -0.2) is 16.9 Å². The molecule has 14 heavy (non-hydrogen) atoms. The molecule has 0 radical (unpaired) electrons. The zero-order chi connectivity index (χ0) is 9.97. The lowest BCUT2D eigenvalue weighted by Crippen LogP contribution is -1.97. The number of rotatable bonds is 2.